The molecule has 4 nitrogen and oxygen atoms in total. The standard InChI is InChI=1S/C22H19N3O/c1-25(19-15-9-4-10-16-19)21-23-20(26)22(24-21,17-11-5-2-6-12-17)18-13-7-3-8-14-18/h2-16H,1H3,(H,23,24,26). The van der Waals surface area contributed by atoms with E-state index in [4.69, 9.17) is 4.99 Å². The summed E-state index contributed by atoms with van der Waals surface area (Å²) in [6, 6.07) is 29.3. The molecule has 0 saturated heterocycles. The van der Waals surface area contributed by atoms with E-state index in [-0.39, 0.29) is 5.91 Å². The first-order valence-electron chi connectivity index (χ1n) is 8.53. The number of carbonyl (C=O) groups excluding carboxylic acids is 1. The highest BCUT2D eigenvalue weighted by Crippen LogP contribution is 2.37. The molecule has 1 amide bonds. The van der Waals surface area contributed by atoms with Crippen LogP contribution in [0, 0.1) is 0 Å². The first-order valence-corrected chi connectivity index (χ1v) is 8.53. The molecule has 4 rings (SSSR count). The summed E-state index contributed by atoms with van der Waals surface area (Å²) in [5.74, 6) is 0.390. The summed E-state index contributed by atoms with van der Waals surface area (Å²) in [5, 5.41) is 2.98. The number of carbonyl (C=O) groups is 1. The van der Waals surface area contributed by atoms with Crippen LogP contribution in [0.1, 0.15) is 11.1 Å². The summed E-state index contributed by atoms with van der Waals surface area (Å²) in [7, 11) is 1.90. The molecule has 26 heavy (non-hydrogen) atoms. The number of amides is 1. The van der Waals surface area contributed by atoms with Crippen molar-refractivity contribution in [2.24, 2.45) is 4.99 Å². The molecule has 0 fully saturated rings. The van der Waals surface area contributed by atoms with E-state index in [1.807, 2.05) is 103 Å². The Morgan fingerprint density at radius 1 is 0.769 bits per heavy atom. The summed E-state index contributed by atoms with van der Waals surface area (Å²) in [4.78, 5) is 20.0. The maximum atomic E-state index is 13.2. The van der Waals surface area contributed by atoms with Gasteiger partial charge >= 0.3 is 0 Å². The van der Waals surface area contributed by atoms with Gasteiger partial charge in [0.1, 0.15) is 0 Å². The summed E-state index contributed by atoms with van der Waals surface area (Å²) < 4.78 is 0. The molecule has 1 N–H and O–H groups in total. The van der Waals surface area contributed by atoms with Crippen LogP contribution in [0.4, 0.5) is 5.69 Å². The molecule has 0 aromatic heterocycles. The van der Waals surface area contributed by atoms with Crippen LogP contribution in [0.2, 0.25) is 0 Å². The number of nitrogens with one attached hydrogen (secondary N) is 1. The Hall–Kier alpha value is -3.40. The van der Waals surface area contributed by atoms with Gasteiger partial charge in [0.2, 0.25) is 5.96 Å². The van der Waals surface area contributed by atoms with Crippen LogP contribution in [0.25, 0.3) is 0 Å². The van der Waals surface area contributed by atoms with Crippen molar-refractivity contribution in [1.29, 1.82) is 0 Å². The van der Waals surface area contributed by atoms with E-state index in [0.29, 0.717) is 5.96 Å². The number of aliphatic imine (C=N–C) groups is 1. The number of hydrogen-bond acceptors (Lipinski definition) is 3. The van der Waals surface area contributed by atoms with Crippen LogP contribution < -0.4 is 10.2 Å². The SMILES string of the molecule is CN(C1=NC(c2ccccc2)(c2ccccc2)C(=O)N1)c1ccccc1. The predicted octanol–water partition coefficient (Wildman–Crippen LogP) is 3.55. The number of anilines is 1. The number of rotatable bonds is 3. The summed E-state index contributed by atoms with van der Waals surface area (Å²) in [6.45, 7) is 0. The number of nitrogens with zero attached hydrogens (tertiary/aromatic N) is 2. The van der Waals surface area contributed by atoms with Gasteiger partial charge in [-0.05, 0) is 23.3 Å². The van der Waals surface area contributed by atoms with Gasteiger partial charge in [-0.25, -0.2) is 4.99 Å². The van der Waals surface area contributed by atoms with Crippen LogP contribution in [-0.2, 0) is 10.3 Å². The quantitative estimate of drug-likeness (QED) is 0.792. The zero-order valence-electron chi connectivity index (χ0n) is 14.5. The Kier molecular flexibility index (Phi) is 4.01. The molecule has 3 aromatic carbocycles. The fourth-order valence-corrected chi connectivity index (χ4v) is 3.28. The molecule has 0 radical (unpaired) electrons. The van der Waals surface area contributed by atoms with Crippen molar-refractivity contribution in [2.75, 3.05) is 11.9 Å². The fourth-order valence-electron chi connectivity index (χ4n) is 3.28. The zero-order valence-corrected chi connectivity index (χ0v) is 14.5. The molecule has 3 aromatic rings. The Labute approximate surface area is 152 Å². The van der Waals surface area contributed by atoms with Gasteiger partial charge in [0.15, 0.2) is 5.54 Å². The van der Waals surface area contributed by atoms with Crippen molar-refractivity contribution in [3.05, 3.63) is 102 Å². The van der Waals surface area contributed by atoms with Crippen LogP contribution in [0.15, 0.2) is 96.0 Å². The summed E-state index contributed by atoms with van der Waals surface area (Å²) >= 11 is 0. The second kappa shape index (κ2) is 6.48. The molecule has 1 heterocycles. The Morgan fingerprint density at radius 2 is 1.23 bits per heavy atom. The van der Waals surface area contributed by atoms with Gasteiger partial charge < -0.3 is 4.90 Å². The van der Waals surface area contributed by atoms with Crippen LogP contribution in [-0.4, -0.2) is 18.9 Å². The lowest BCUT2D eigenvalue weighted by Gasteiger charge is -2.24. The van der Waals surface area contributed by atoms with Crippen molar-refractivity contribution < 1.29 is 4.79 Å². The number of guanidine groups is 1. The molecule has 0 bridgehead atoms. The summed E-state index contributed by atoms with van der Waals surface area (Å²) in [5.41, 5.74) is 1.57. The Morgan fingerprint density at radius 3 is 1.73 bits per heavy atom. The third kappa shape index (κ3) is 2.56. The van der Waals surface area contributed by atoms with Gasteiger partial charge in [0.25, 0.3) is 5.91 Å². The van der Waals surface area contributed by atoms with Crippen molar-refractivity contribution in [2.45, 2.75) is 5.54 Å². The third-order valence-corrected chi connectivity index (χ3v) is 4.67. The third-order valence-electron chi connectivity index (χ3n) is 4.67. The molecule has 0 aliphatic carbocycles. The number of benzene rings is 3. The first kappa shape index (κ1) is 16.1. The minimum Gasteiger partial charge on any atom is -0.315 e. The van der Waals surface area contributed by atoms with E-state index in [1.54, 1.807) is 0 Å². The minimum absolute atomic E-state index is 0.146. The van der Waals surface area contributed by atoms with Gasteiger partial charge in [0.05, 0.1) is 0 Å². The molecular formula is C22H19N3O. The van der Waals surface area contributed by atoms with Crippen LogP contribution in [0.5, 0.6) is 0 Å². The highest BCUT2D eigenvalue weighted by atomic mass is 16.2. The normalized spacial score (nSPS) is 15.3. The lowest BCUT2D eigenvalue weighted by atomic mass is 9.83. The van der Waals surface area contributed by atoms with Gasteiger partial charge in [-0.3, -0.25) is 10.1 Å². The first-order chi connectivity index (χ1) is 12.7. The van der Waals surface area contributed by atoms with E-state index in [2.05, 4.69) is 5.32 Å². The average molecular weight is 341 g/mol. The molecule has 0 spiro atoms. The lowest BCUT2D eigenvalue weighted by Crippen LogP contribution is -2.41. The lowest BCUT2D eigenvalue weighted by molar-refractivity contribution is -0.122. The van der Waals surface area contributed by atoms with E-state index in [1.165, 1.54) is 0 Å². The molecule has 4 heteroatoms. The smallest absolute Gasteiger partial charge is 0.264 e. The van der Waals surface area contributed by atoms with E-state index in [9.17, 15) is 4.79 Å². The maximum absolute atomic E-state index is 13.2. The highest BCUT2D eigenvalue weighted by molar-refractivity contribution is 6.14. The van der Waals surface area contributed by atoms with E-state index < -0.39 is 5.54 Å². The van der Waals surface area contributed by atoms with Gasteiger partial charge in [-0.1, -0.05) is 78.9 Å². The molecule has 0 atom stereocenters. The Balaban J connectivity index is 1.87. The highest BCUT2D eigenvalue weighted by Gasteiger charge is 2.47. The molecule has 1 aliphatic heterocycles. The number of hydrogen-bond donors (Lipinski definition) is 1. The van der Waals surface area contributed by atoms with E-state index >= 15 is 0 Å². The molecule has 0 unspecified atom stereocenters. The largest absolute Gasteiger partial charge is 0.315 e. The molecular weight excluding hydrogens is 322 g/mol. The maximum Gasteiger partial charge on any atom is 0.264 e. The van der Waals surface area contributed by atoms with Crippen LogP contribution >= 0.6 is 0 Å². The Bertz CT molecular complexity index is 897. The minimum atomic E-state index is -1.08. The van der Waals surface area contributed by atoms with E-state index in [0.717, 1.165) is 16.8 Å². The fraction of sp³-hybridized carbons (Fsp3) is 0.0909. The predicted molar refractivity (Wildman–Crippen MR) is 104 cm³/mol. The van der Waals surface area contributed by atoms with Gasteiger partial charge in [-0.15, -0.1) is 0 Å². The molecule has 1 aliphatic rings. The second-order valence-electron chi connectivity index (χ2n) is 6.23. The molecule has 128 valence electrons. The second-order valence-corrected chi connectivity index (χ2v) is 6.23. The van der Waals surface area contributed by atoms with Crippen molar-refractivity contribution in [1.82, 2.24) is 5.32 Å². The van der Waals surface area contributed by atoms with Gasteiger partial charge in [-0.2, -0.15) is 0 Å². The van der Waals surface area contributed by atoms with Gasteiger partial charge in [0, 0.05) is 12.7 Å². The van der Waals surface area contributed by atoms with Crippen molar-refractivity contribution >= 4 is 17.6 Å². The molecule has 0 saturated carbocycles. The number of para-hydroxylation sites is 1. The zero-order chi connectivity index (χ0) is 18.0. The topological polar surface area (TPSA) is 44.7 Å². The summed E-state index contributed by atoms with van der Waals surface area (Å²) in [6.07, 6.45) is 0. The van der Waals surface area contributed by atoms with Crippen molar-refractivity contribution in [3.8, 4) is 0 Å². The monoisotopic (exact) mass is 341 g/mol. The van der Waals surface area contributed by atoms with Crippen molar-refractivity contribution in [3.63, 3.8) is 0 Å². The average Bonchev–Trinajstić information content (AvgIpc) is 3.07. The van der Waals surface area contributed by atoms with Crippen LogP contribution in [0.3, 0.4) is 0 Å².